The third kappa shape index (κ3) is 6.85. The fourth-order valence-corrected chi connectivity index (χ4v) is 5.64. The number of unbranched alkanes of at least 4 members (excludes halogenated alkanes) is 1. The van der Waals surface area contributed by atoms with E-state index in [0.29, 0.717) is 47.0 Å². The number of aliphatic hydroxyl groups excluding tert-OH is 1. The summed E-state index contributed by atoms with van der Waals surface area (Å²) >= 11 is 0. The van der Waals surface area contributed by atoms with Gasteiger partial charge in [-0.25, -0.2) is 4.98 Å². The van der Waals surface area contributed by atoms with Crippen molar-refractivity contribution in [1.82, 2.24) is 15.3 Å². The molecule has 2 aromatic heterocycles. The molecular formula is C34H39N5O4. The molecule has 1 aliphatic heterocycles. The molecule has 9 nitrogen and oxygen atoms in total. The van der Waals surface area contributed by atoms with E-state index in [1.165, 1.54) is 0 Å². The molecule has 4 aromatic rings. The highest BCUT2D eigenvalue weighted by Crippen LogP contribution is 2.37. The monoisotopic (exact) mass is 581 g/mol. The number of hydrogen-bond acceptors (Lipinski definition) is 7. The second kappa shape index (κ2) is 14.2. The van der Waals surface area contributed by atoms with Crippen LogP contribution in [0.5, 0.6) is 0 Å². The van der Waals surface area contributed by atoms with Crippen LogP contribution in [0.15, 0.2) is 77.9 Å². The van der Waals surface area contributed by atoms with Gasteiger partial charge in [-0.2, -0.15) is 0 Å². The standard InChI is InChI=1S/C34H39N5O4/c1-3-4-9-26-17-24-8-5-6-10-28(24)34(42)39(26)31-12-7-11-27(29(31)22-40)25-18-30(33(41)37-21-25)38-32-14-13-23(20-36-32)19-35-15-16-43-2/h5-8,10-14,18,20-21,26,35,40H,3-4,9,15-17,19,22H2,1-2H3,(H,36,38)(H,37,41). The topological polar surface area (TPSA) is 120 Å². The number of carbonyl (C=O) groups is 1. The van der Waals surface area contributed by atoms with Crippen LogP contribution in [0.3, 0.4) is 0 Å². The lowest BCUT2D eigenvalue weighted by atomic mass is 9.89. The minimum atomic E-state index is -0.292. The Bertz CT molecular complexity index is 1600. The first-order valence-corrected chi connectivity index (χ1v) is 14.8. The number of ether oxygens (including phenoxy) is 1. The SMILES string of the molecule is CCCCC1Cc2ccccc2C(=O)N1c1cccc(-c2c[nH]c(=O)c(Nc3ccc(CNCCOC)cn3)c2)c1CO. The van der Waals surface area contributed by atoms with Crippen molar-refractivity contribution in [1.29, 1.82) is 0 Å². The molecule has 0 fully saturated rings. The zero-order valence-electron chi connectivity index (χ0n) is 24.7. The maximum absolute atomic E-state index is 13.9. The molecule has 0 saturated heterocycles. The number of fused-ring (bicyclic) bond motifs is 1. The highest BCUT2D eigenvalue weighted by Gasteiger charge is 2.34. The van der Waals surface area contributed by atoms with E-state index >= 15 is 0 Å². The number of anilines is 3. The van der Waals surface area contributed by atoms with Gasteiger partial charge in [0.25, 0.3) is 11.5 Å². The van der Waals surface area contributed by atoms with E-state index in [9.17, 15) is 14.7 Å². The first-order chi connectivity index (χ1) is 21.0. The lowest BCUT2D eigenvalue weighted by Crippen LogP contribution is -2.46. The first kappa shape index (κ1) is 30.2. The minimum Gasteiger partial charge on any atom is -0.392 e. The van der Waals surface area contributed by atoms with Crippen LogP contribution in [-0.2, 0) is 24.3 Å². The van der Waals surface area contributed by atoms with E-state index in [-0.39, 0.29) is 24.1 Å². The number of aliphatic hydroxyl groups is 1. The number of pyridine rings is 2. The third-order valence-corrected chi connectivity index (χ3v) is 7.86. The Labute approximate surface area is 252 Å². The normalized spacial score (nSPS) is 14.5. The molecule has 0 bridgehead atoms. The van der Waals surface area contributed by atoms with Gasteiger partial charge >= 0.3 is 0 Å². The minimum absolute atomic E-state index is 0.0140. The van der Waals surface area contributed by atoms with Crippen molar-refractivity contribution in [3.8, 4) is 11.1 Å². The van der Waals surface area contributed by atoms with Crippen molar-refractivity contribution in [2.45, 2.75) is 51.8 Å². The summed E-state index contributed by atoms with van der Waals surface area (Å²) in [4.78, 5) is 35.8. The molecule has 1 amide bonds. The molecule has 5 rings (SSSR count). The van der Waals surface area contributed by atoms with Gasteiger partial charge in [-0.3, -0.25) is 9.59 Å². The molecule has 224 valence electrons. The zero-order valence-corrected chi connectivity index (χ0v) is 24.7. The van der Waals surface area contributed by atoms with Gasteiger partial charge in [0, 0.05) is 55.3 Å². The van der Waals surface area contributed by atoms with Crippen LogP contribution >= 0.6 is 0 Å². The molecular weight excluding hydrogens is 542 g/mol. The molecule has 1 unspecified atom stereocenters. The van der Waals surface area contributed by atoms with E-state index in [2.05, 4.69) is 27.5 Å². The van der Waals surface area contributed by atoms with Crippen molar-refractivity contribution < 1.29 is 14.6 Å². The van der Waals surface area contributed by atoms with Gasteiger partial charge in [-0.05, 0) is 53.8 Å². The smallest absolute Gasteiger partial charge is 0.271 e. The average molecular weight is 582 g/mol. The largest absolute Gasteiger partial charge is 0.392 e. The van der Waals surface area contributed by atoms with Gasteiger partial charge in [0.2, 0.25) is 0 Å². The highest BCUT2D eigenvalue weighted by atomic mass is 16.5. The van der Waals surface area contributed by atoms with E-state index in [1.54, 1.807) is 25.6 Å². The number of nitrogens with zero attached hydrogens (tertiary/aromatic N) is 2. The number of methoxy groups -OCH3 is 1. The van der Waals surface area contributed by atoms with E-state index < -0.39 is 0 Å². The van der Waals surface area contributed by atoms with E-state index in [0.717, 1.165) is 48.9 Å². The number of aromatic amines is 1. The van der Waals surface area contributed by atoms with E-state index in [4.69, 9.17) is 4.74 Å². The summed E-state index contributed by atoms with van der Waals surface area (Å²) in [5.41, 5.74) is 5.59. The maximum atomic E-state index is 13.9. The summed E-state index contributed by atoms with van der Waals surface area (Å²) < 4.78 is 5.05. The molecule has 43 heavy (non-hydrogen) atoms. The van der Waals surface area contributed by atoms with Crippen LogP contribution in [-0.4, -0.2) is 47.3 Å². The fraction of sp³-hybridized carbons (Fsp3) is 0.324. The van der Waals surface area contributed by atoms with Gasteiger partial charge in [0.05, 0.1) is 18.9 Å². The number of carbonyl (C=O) groups excluding carboxylic acids is 1. The van der Waals surface area contributed by atoms with Crippen molar-refractivity contribution in [3.05, 3.63) is 106 Å². The van der Waals surface area contributed by atoms with Crippen molar-refractivity contribution in [2.75, 3.05) is 30.5 Å². The fourth-order valence-electron chi connectivity index (χ4n) is 5.64. The number of benzene rings is 2. The quantitative estimate of drug-likeness (QED) is 0.161. The van der Waals surface area contributed by atoms with Crippen LogP contribution < -0.4 is 21.1 Å². The van der Waals surface area contributed by atoms with Crippen LogP contribution in [0.2, 0.25) is 0 Å². The molecule has 9 heteroatoms. The number of H-pyrrole nitrogens is 1. The zero-order chi connectivity index (χ0) is 30.2. The van der Waals surface area contributed by atoms with Gasteiger partial charge in [-0.15, -0.1) is 0 Å². The van der Waals surface area contributed by atoms with Crippen LogP contribution in [0.4, 0.5) is 17.2 Å². The predicted molar refractivity (Wildman–Crippen MR) is 170 cm³/mol. The van der Waals surface area contributed by atoms with Crippen LogP contribution in [0, 0.1) is 0 Å². The molecule has 1 aliphatic rings. The summed E-state index contributed by atoms with van der Waals surface area (Å²) in [6.07, 6.45) is 7.06. The third-order valence-electron chi connectivity index (χ3n) is 7.86. The molecule has 2 aromatic carbocycles. The van der Waals surface area contributed by atoms with Gasteiger partial charge < -0.3 is 30.4 Å². The van der Waals surface area contributed by atoms with Crippen molar-refractivity contribution in [2.24, 2.45) is 0 Å². The van der Waals surface area contributed by atoms with E-state index in [1.807, 2.05) is 59.5 Å². The molecule has 1 atom stereocenters. The second-order valence-electron chi connectivity index (χ2n) is 10.8. The Kier molecular flexibility index (Phi) is 9.99. The summed E-state index contributed by atoms with van der Waals surface area (Å²) in [5.74, 6) is 0.484. The Morgan fingerprint density at radius 1 is 1.09 bits per heavy atom. The Balaban J connectivity index is 1.45. The Morgan fingerprint density at radius 2 is 1.93 bits per heavy atom. The summed E-state index contributed by atoms with van der Waals surface area (Å²) in [6.45, 7) is 3.93. The molecule has 0 spiro atoms. The number of aromatic nitrogens is 2. The summed E-state index contributed by atoms with van der Waals surface area (Å²) in [7, 11) is 1.67. The van der Waals surface area contributed by atoms with Gasteiger partial charge in [0.1, 0.15) is 11.5 Å². The average Bonchev–Trinajstić information content (AvgIpc) is 3.03. The Morgan fingerprint density at radius 3 is 2.70 bits per heavy atom. The summed E-state index contributed by atoms with van der Waals surface area (Å²) in [5, 5.41) is 17.1. The van der Waals surface area contributed by atoms with Crippen LogP contribution in [0.25, 0.3) is 11.1 Å². The second-order valence-corrected chi connectivity index (χ2v) is 10.8. The highest BCUT2D eigenvalue weighted by molar-refractivity contribution is 6.09. The lowest BCUT2D eigenvalue weighted by Gasteiger charge is -2.38. The number of rotatable bonds is 13. The molecule has 0 saturated carbocycles. The van der Waals surface area contributed by atoms with Crippen molar-refractivity contribution >= 4 is 23.1 Å². The lowest BCUT2D eigenvalue weighted by molar-refractivity contribution is 0.0965. The molecule has 0 aliphatic carbocycles. The van der Waals surface area contributed by atoms with Crippen LogP contribution in [0.1, 0.15) is 53.2 Å². The number of amides is 1. The molecule has 3 heterocycles. The number of nitrogens with one attached hydrogen (secondary N) is 3. The molecule has 4 N–H and O–H groups in total. The Hall–Kier alpha value is -4.31. The van der Waals surface area contributed by atoms with Crippen molar-refractivity contribution in [3.63, 3.8) is 0 Å². The maximum Gasteiger partial charge on any atom is 0.271 e. The van der Waals surface area contributed by atoms with Gasteiger partial charge in [0.15, 0.2) is 0 Å². The van der Waals surface area contributed by atoms with Gasteiger partial charge in [-0.1, -0.05) is 56.2 Å². The molecule has 0 radical (unpaired) electrons. The predicted octanol–water partition coefficient (Wildman–Crippen LogP) is 5.17. The first-order valence-electron chi connectivity index (χ1n) is 14.8. The number of hydrogen-bond donors (Lipinski definition) is 4. The summed E-state index contributed by atoms with van der Waals surface area (Å²) in [6, 6.07) is 19.0.